The van der Waals surface area contributed by atoms with E-state index >= 15 is 0 Å². The van der Waals surface area contributed by atoms with Crippen LogP contribution >= 0.6 is 12.6 Å². The van der Waals surface area contributed by atoms with Gasteiger partial charge in [0.05, 0.1) is 24.9 Å². The molecule has 18 nitrogen and oxygen atoms in total. The zero-order valence-electron chi connectivity index (χ0n) is 24.8. The number of carbonyl (C=O) groups is 3. The maximum absolute atomic E-state index is 15.0. The van der Waals surface area contributed by atoms with E-state index < -0.39 is 122 Å². The van der Waals surface area contributed by atoms with Gasteiger partial charge in [-0.3, -0.25) is 4.79 Å². The molecule has 3 aliphatic heterocycles. The highest BCUT2D eigenvalue weighted by atomic mass is 32.1. The number of aliphatic hydroxyl groups excluding tert-OH is 5. The van der Waals surface area contributed by atoms with E-state index in [0.29, 0.717) is 0 Å². The van der Waals surface area contributed by atoms with Crippen molar-refractivity contribution in [1.82, 2.24) is 5.32 Å². The minimum absolute atomic E-state index is 0.230. The minimum atomic E-state index is -2.17. The second-order valence-electron chi connectivity index (χ2n) is 11.3. The Balaban J connectivity index is 1.83. The first-order valence-corrected chi connectivity index (χ1v) is 14.8. The van der Waals surface area contributed by atoms with Crippen LogP contribution in [0.3, 0.4) is 0 Å². The quantitative estimate of drug-likeness (QED) is 0.0651. The van der Waals surface area contributed by atoms with Crippen LogP contribution in [-0.4, -0.2) is 164 Å². The van der Waals surface area contributed by atoms with Gasteiger partial charge in [-0.15, -0.1) is 6.58 Å². The van der Waals surface area contributed by atoms with E-state index in [4.69, 9.17) is 34.2 Å². The summed E-state index contributed by atoms with van der Waals surface area (Å²) in [5.74, 6) is -4.49. The smallest absolute Gasteiger partial charge is 0.335 e. The Morgan fingerprint density at radius 2 is 1.50 bits per heavy atom. The lowest BCUT2D eigenvalue weighted by molar-refractivity contribution is -0.365. The minimum Gasteiger partial charge on any atom is -0.479 e. The zero-order valence-corrected chi connectivity index (χ0v) is 25.7. The van der Waals surface area contributed by atoms with E-state index in [-0.39, 0.29) is 12.2 Å². The van der Waals surface area contributed by atoms with Gasteiger partial charge in [-0.2, -0.15) is 12.6 Å². The normalized spacial score (nSPS) is 42.9. The number of hydrogen-bond acceptors (Lipinski definition) is 16. The number of ether oxygens (including phenoxy) is 6. The summed E-state index contributed by atoms with van der Waals surface area (Å²) in [5.41, 5.74) is 3.81. The topological polar surface area (TPSA) is 286 Å². The van der Waals surface area contributed by atoms with Gasteiger partial charge in [0.1, 0.15) is 48.3 Å². The molecule has 0 saturated carbocycles. The average molecular weight is 689 g/mol. The summed E-state index contributed by atoms with van der Waals surface area (Å²) in [6.07, 6.45) is -23.7. The Morgan fingerprint density at radius 3 is 2.04 bits per heavy atom. The molecule has 0 radical (unpaired) electrons. The summed E-state index contributed by atoms with van der Waals surface area (Å²) in [6.45, 7) is 5.26. The van der Waals surface area contributed by atoms with E-state index in [2.05, 4.69) is 24.5 Å². The highest BCUT2D eigenvalue weighted by molar-refractivity contribution is 7.80. The Hall–Kier alpha value is -2.05. The number of aliphatic hydroxyl groups is 5. The molecule has 3 heterocycles. The Labute approximate surface area is 267 Å². The summed E-state index contributed by atoms with van der Waals surface area (Å²) in [7, 11) is 0. The van der Waals surface area contributed by atoms with E-state index in [9.17, 15) is 54.5 Å². The lowest BCUT2D eigenvalue weighted by Gasteiger charge is -2.48. The molecule has 3 rings (SSSR count). The van der Waals surface area contributed by atoms with Crippen molar-refractivity contribution in [3.63, 3.8) is 0 Å². The van der Waals surface area contributed by atoms with Crippen molar-refractivity contribution in [2.75, 3.05) is 12.4 Å². The van der Waals surface area contributed by atoms with Crippen molar-refractivity contribution in [2.45, 2.75) is 118 Å². The number of alkyl halides is 1. The number of aliphatic carboxylic acids is 2. The van der Waals surface area contributed by atoms with Gasteiger partial charge in [0.15, 0.2) is 31.1 Å². The number of amides is 1. The number of hydrogen-bond donors (Lipinski definition) is 10. The fourth-order valence-corrected chi connectivity index (χ4v) is 5.40. The monoisotopic (exact) mass is 688 g/mol. The van der Waals surface area contributed by atoms with Crippen LogP contribution in [0.2, 0.25) is 0 Å². The van der Waals surface area contributed by atoms with Crippen LogP contribution in [0, 0.1) is 0 Å². The molecule has 0 aromatic heterocycles. The molecule has 46 heavy (non-hydrogen) atoms. The maximum Gasteiger partial charge on any atom is 0.335 e. The van der Waals surface area contributed by atoms with Crippen LogP contribution in [-0.2, 0) is 42.8 Å². The van der Waals surface area contributed by atoms with Crippen LogP contribution in [0.25, 0.3) is 0 Å². The largest absolute Gasteiger partial charge is 0.479 e. The first-order chi connectivity index (χ1) is 21.5. The van der Waals surface area contributed by atoms with Crippen LogP contribution < -0.4 is 11.1 Å². The number of allylic oxidation sites excluding steroid dienone is 1. The maximum atomic E-state index is 15.0. The Bertz CT molecular complexity index is 1090. The molecule has 0 aromatic rings. The summed E-state index contributed by atoms with van der Waals surface area (Å²) in [4.78, 5) is 35.8. The molecule has 0 aliphatic carbocycles. The first kappa shape index (κ1) is 38.4. The van der Waals surface area contributed by atoms with Crippen molar-refractivity contribution < 1.29 is 82.9 Å². The Morgan fingerprint density at radius 1 is 0.913 bits per heavy atom. The standard InChI is InChI=1S/C26H41FN2O16S/c1-4-5-26(27,7-46)6-40-24-16(35)17(15(34)19(44-24)21(36)37)42-25-14(33)13(32)18(20(45-25)22(38)39)43-23-11(29-9(3)30)12(31)10(28)8(2)41-23/h4,8,10-20,23-25,31-35,46H,1,5-7,28H2,2-3H3,(H,29,30)(H,36,37)(H,38,39). The van der Waals surface area contributed by atoms with Gasteiger partial charge < -0.3 is 75.2 Å². The predicted octanol–water partition coefficient (Wildman–Crippen LogP) is -4.01. The third-order valence-corrected chi connectivity index (χ3v) is 8.34. The van der Waals surface area contributed by atoms with Crippen LogP contribution in [0.4, 0.5) is 4.39 Å². The number of halogens is 1. The van der Waals surface area contributed by atoms with Crippen LogP contribution in [0.1, 0.15) is 20.3 Å². The number of carboxylic acid groups (broad SMARTS) is 2. The molecular formula is C26H41FN2O16S. The van der Waals surface area contributed by atoms with E-state index in [1.54, 1.807) is 0 Å². The average Bonchev–Trinajstić information content (AvgIpc) is 2.98. The molecule has 264 valence electrons. The molecule has 20 heteroatoms. The zero-order chi connectivity index (χ0) is 34.7. The van der Waals surface area contributed by atoms with Crippen molar-refractivity contribution in [3.8, 4) is 0 Å². The summed E-state index contributed by atoms with van der Waals surface area (Å²) < 4.78 is 47.4. The Kier molecular flexibility index (Phi) is 13.3. The van der Waals surface area contributed by atoms with E-state index in [0.717, 1.165) is 6.92 Å². The number of rotatable bonds is 13. The SMILES string of the molecule is C=CCC(F)(CS)COC1OC(C(=O)O)C(O)C(OC2OC(C(=O)O)C(OC3OC(C)C(N)C(O)C3NC(C)=O)C(O)C2O)C1O. The molecule has 16 unspecified atom stereocenters. The number of nitrogens with two attached hydrogens (primary N) is 1. The van der Waals surface area contributed by atoms with Crippen molar-refractivity contribution in [1.29, 1.82) is 0 Å². The van der Waals surface area contributed by atoms with Gasteiger partial charge in [-0.05, 0) is 6.92 Å². The van der Waals surface area contributed by atoms with E-state index in [1.807, 2.05) is 0 Å². The molecule has 10 N–H and O–H groups in total. The second kappa shape index (κ2) is 15.9. The predicted molar refractivity (Wildman–Crippen MR) is 151 cm³/mol. The van der Waals surface area contributed by atoms with Gasteiger partial charge in [-0.1, -0.05) is 6.08 Å². The molecule has 1 amide bonds. The van der Waals surface area contributed by atoms with Gasteiger partial charge in [-0.25, -0.2) is 14.0 Å². The number of carbonyl (C=O) groups excluding carboxylic acids is 1. The summed E-state index contributed by atoms with van der Waals surface area (Å²) in [5, 5.41) is 75.8. The van der Waals surface area contributed by atoms with Gasteiger partial charge >= 0.3 is 11.9 Å². The molecule has 0 spiro atoms. The summed E-state index contributed by atoms with van der Waals surface area (Å²) >= 11 is 3.91. The number of thiol groups is 1. The van der Waals surface area contributed by atoms with Gasteiger partial charge in [0, 0.05) is 19.1 Å². The van der Waals surface area contributed by atoms with E-state index in [1.165, 1.54) is 13.0 Å². The first-order valence-electron chi connectivity index (χ1n) is 14.1. The molecule has 3 saturated heterocycles. The van der Waals surface area contributed by atoms with Crippen LogP contribution in [0.5, 0.6) is 0 Å². The number of carboxylic acids is 2. The molecule has 3 fully saturated rings. The molecule has 0 bridgehead atoms. The second-order valence-corrected chi connectivity index (χ2v) is 11.6. The lowest BCUT2D eigenvalue weighted by Crippen LogP contribution is -2.69. The summed E-state index contributed by atoms with van der Waals surface area (Å²) in [6, 6.07) is -2.34. The van der Waals surface area contributed by atoms with Gasteiger partial charge in [0.2, 0.25) is 5.91 Å². The third-order valence-electron chi connectivity index (χ3n) is 7.77. The fourth-order valence-electron chi connectivity index (χ4n) is 5.18. The van der Waals surface area contributed by atoms with Crippen LogP contribution in [0.15, 0.2) is 12.7 Å². The molecular weight excluding hydrogens is 647 g/mol. The number of nitrogens with one attached hydrogen (secondary N) is 1. The third kappa shape index (κ3) is 8.50. The highest BCUT2D eigenvalue weighted by Crippen LogP contribution is 2.33. The molecule has 3 aliphatic rings. The lowest BCUT2D eigenvalue weighted by atomic mass is 9.94. The highest BCUT2D eigenvalue weighted by Gasteiger charge is 2.56. The fraction of sp³-hybridized carbons (Fsp3) is 0.808. The van der Waals surface area contributed by atoms with Crippen molar-refractivity contribution in [3.05, 3.63) is 12.7 Å². The molecule has 0 aromatic carbocycles. The van der Waals surface area contributed by atoms with Gasteiger partial charge in [0.25, 0.3) is 0 Å². The molecule has 16 atom stereocenters. The van der Waals surface area contributed by atoms with Crippen molar-refractivity contribution in [2.24, 2.45) is 5.73 Å². The van der Waals surface area contributed by atoms with Crippen molar-refractivity contribution >= 4 is 30.5 Å².